The van der Waals surface area contributed by atoms with Crippen LogP contribution in [0.3, 0.4) is 0 Å². The predicted octanol–water partition coefficient (Wildman–Crippen LogP) is 3.02. The number of likely N-dealkylation sites (N-methyl/N-ethyl adjacent to an activating group) is 1. The highest BCUT2D eigenvalue weighted by molar-refractivity contribution is 5.79. The van der Waals surface area contributed by atoms with E-state index < -0.39 is 12.8 Å². The van der Waals surface area contributed by atoms with Crippen LogP contribution in [-0.4, -0.2) is 57.4 Å². The molecule has 0 aliphatic rings. The Morgan fingerprint density at radius 1 is 1.15 bits per heavy atom. The van der Waals surface area contributed by atoms with E-state index in [2.05, 4.69) is 39.2 Å². The predicted molar refractivity (Wildman–Crippen MR) is 98.6 cm³/mol. The van der Waals surface area contributed by atoms with Crippen LogP contribution in [0.1, 0.15) is 25.3 Å². The third kappa shape index (κ3) is 10.1. The number of unbranched alkanes of at least 4 members (excludes halogenated alkanes) is 1. The summed E-state index contributed by atoms with van der Waals surface area (Å²) >= 11 is 0. The van der Waals surface area contributed by atoms with Crippen molar-refractivity contribution in [2.24, 2.45) is 4.99 Å². The molecule has 0 saturated heterocycles. The Balaban J connectivity index is 2.32. The van der Waals surface area contributed by atoms with Crippen molar-refractivity contribution >= 4 is 5.96 Å². The maximum atomic E-state index is 12.1. The minimum atomic E-state index is -4.33. The van der Waals surface area contributed by atoms with Gasteiger partial charge in [0, 0.05) is 26.7 Å². The van der Waals surface area contributed by atoms with Crippen molar-refractivity contribution in [2.45, 2.75) is 32.5 Å². The molecule has 8 heteroatoms. The van der Waals surface area contributed by atoms with E-state index in [1.165, 1.54) is 25.0 Å². The molecule has 0 saturated carbocycles. The summed E-state index contributed by atoms with van der Waals surface area (Å²) in [5, 5.41) is 6.42. The van der Waals surface area contributed by atoms with Gasteiger partial charge in [0.05, 0.1) is 0 Å². The first-order valence-electron chi connectivity index (χ1n) is 8.75. The SMILES string of the molecule is CCCCN(C)CCNC(=NC)NCc1ccc(OCC(F)(F)F)cc1. The molecule has 1 rings (SSSR count). The fourth-order valence-electron chi connectivity index (χ4n) is 2.18. The number of aliphatic imine (C=N–C) groups is 1. The van der Waals surface area contributed by atoms with Gasteiger partial charge in [0.25, 0.3) is 0 Å². The van der Waals surface area contributed by atoms with Crippen LogP contribution in [0.4, 0.5) is 13.2 Å². The minimum Gasteiger partial charge on any atom is -0.484 e. The number of benzene rings is 1. The first-order chi connectivity index (χ1) is 12.3. The van der Waals surface area contributed by atoms with Crippen molar-refractivity contribution in [3.63, 3.8) is 0 Å². The van der Waals surface area contributed by atoms with Crippen LogP contribution < -0.4 is 15.4 Å². The molecule has 5 nitrogen and oxygen atoms in total. The summed E-state index contributed by atoms with van der Waals surface area (Å²) < 4.78 is 41.1. The highest BCUT2D eigenvalue weighted by Gasteiger charge is 2.28. The van der Waals surface area contributed by atoms with E-state index in [1.807, 2.05) is 0 Å². The average molecular weight is 374 g/mol. The van der Waals surface area contributed by atoms with Gasteiger partial charge in [-0.1, -0.05) is 25.5 Å². The van der Waals surface area contributed by atoms with Crippen molar-refractivity contribution in [2.75, 3.05) is 40.3 Å². The fourth-order valence-corrected chi connectivity index (χ4v) is 2.18. The highest BCUT2D eigenvalue weighted by Crippen LogP contribution is 2.18. The lowest BCUT2D eigenvalue weighted by molar-refractivity contribution is -0.153. The number of nitrogens with one attached hydrogen (secondary N) is 2. The van der Waals surface area contributed by atoms with E-state index in [0.29, 0.717) is 12.5 Å². The van der Waals surface area contributed by atoms with Gasteiger partial charge in [-0.15, -0.1) is 0 Å². The van der Waals surface area contributed by atoms with E-state index in [0.717, 1.165) is 25.2 Å². The molecular formula is C18H29F3N4O. The molecule has 0 fully saturated rings. The lowest BCUT2D eigenvalue weighted by Crippen LogP contribution is -2.40. The van der Waals surface area contributed by atoms with Gasteiger partial charge in [-0.2, -0.15) is 13.2 Å². The zero-order chi connectivity index (χ0) is 19.4. The molecule has 0 atom stereocenters. The monoisotopic (exact) mass is 374 g/mol. The van der Waals surface area contributed by atoms with Gasteiger partial charge in [0.2, 0.25) is 0 Å². The summed E-state index contributed by atoms with van der Waals surface area (Å²) in [7, 11) is 3.79. The second-order valence-electron chi connectivity index (χ2n) is 6.06. The molecular weight excluding hydrogens is 345 g/mol. The average Bonchev–Trinajstić information content (AvgIpc) is 2.61. The summed E-state index contributed by atoms with van der Waals surface area (Å²) in [5.74, 6) is 0.884. The zero-order valence-electron chi connectivity index (χ0n) is 15.7. The molecule has 26 heavy (non-hydrogen) atoms. The van der Waals surface area contributed by atoms with Crippen molar-refractivity contribution in [1.82, 2.24) is 15.5 Å². The highest BCUT2D eigenvalue weighted by atomic mass is 19.4. The molecule has 0 aromatic heterocycles. The van der Waals surface area contributed by atoms with Crippen molar-refractivity contribution in [1.29, 1.82) is 0 Å². The third-order valence-electron chi connectivity index (χ3n) is 3.69. The molecule has 148 valence electrons. The van der Waals surface area contributed by atoms with Gasteiger partial charge in [-0.05, 0) is 37.7 Å². The molecule has 0 bridgehead atoms. The maximum Gasteiger partial charge on any atom is 0.422 e. The van der Waals surface area contributed by atoms with Crippen LogP contribution in [-0.2, 0) is 6.54 Å². The summed E-state index contributed by atoms with van der Waals surface area (Å²) in [6.45, 7) is 4.19. The summed E-state index contributed by atoms with van der Waals surface area (Å²) in [4.78, 5) is 6.43. The Hall–Kier alpha value is -1.96. The van der Waals surface area contributed by atoms with E-state index in [9.17, 15) is 13.2 Å². The maximum absolute atomic E-state index is 12.1. The molecule has 0 aliphatic heterocycles. The number of hydrogen-bond acceptors (Lipinski definition) is 3. The lowest BCUT2D eigenvalue weighted by Gasteiger charge is -2.18. The minimum absolute atomic E-state index is 0.198. The second-order valence-corrected chi connectivity index (χ2v) is 6.06. The van der Waals surface area contributed by atoms with E-state index in [-0.39, 0.29) is 5.75 Å². The van der Waals surface area contributed by atoms with Gasteiger partial charge in [0.1, 0.15) is 5.75 Å². The molecule has 0 spiro atoms. The molecule has 0 heterocycles. The number of alkyl halides is 3. The number of halogens is 3. The van der Waals surface area contributed by atoms with Crippen LogP contribution >= 0.6 is 0 Å². The second kappa shape index (κ2) is 11.6. The largest absolute Gasteiger partial charge is 0.484 e. The first kappa shape index (κ1) is 22.1. The van der Waals surface area contributed by atoms with Gasteiger partial charge in [-0.3, -0.25) is 4.99 Å². The number of ether oxygens (including phenoxy) is 1. The molecule has 0 radical (unpaired) electrons. The Kier molecular flexibility index (Phi) is 9.87. The number of rotatable bonds is 10. The summed E-state index contributed by atoms with van der Waals surface area (Å²) in [6, 6.07) is 6.51. The van der Waals surface area contributed by atoms with Crippen LogP contribution in [0.2, 0.25) is 0 Å². The Morgan fingerprint density at radius 3 is 2.42 bits per heavy atom. The van der Waals surface area contributed by atoms with E-state index in [4.69, 9.17) is 0 Å². The number of nitrogens with zero attached hydrogens (tertiary/aromatic N) is 2. The summed E-state index contributed by atoms with van der Waals surface area (Å²) in [5.41, 5.74) is 0.923. The summed E-state index contributed by atoms with van der Waals surface area (Å²) in [6.07, 6.45) is -1.96. The molecule has 2 N–H and O–H groups in total. The van der Waals surface area contributed by atoms with E-state index in [1.54, 1.807) is 19.2 Å². The Morgan fingerprint density at radius 2 is 1.85 bits per heavy atom. The molecule has 0 amide bonds. The third-order valence-corrected chi connectivity index (χ3v) is 3.69. The first-order valence-corrected chi connectivity index (χ1v) is 8.75. The zero-order valence-corrected chi connectivity index (χ0v) is 15.7. The van der Waals surface area contributed by atoms with Crippen LogP contribution in [0.25, 0.3) is 0 Å². The number of hydrogen-bond donors (Lipinski definition) is 2. The van der Waals surface area contributed by atoms with Gasteiger partial charge in [0.15, 0.2) is 12.6 Å². The van der Waals surface area contributed by atoms with Gasteiger partial charge >= 0.3 is 6.18 Å². The molecule has 1 aromatic carbocycles. The van der Waals surface area contributed by atoms with Gasteiger partial charge in [-0.25, -0.2) is 0 Å². The Bertz CT molecular complexity index is 532. The van der Waals surface area contributed by atoms with Crippen LogP contribution in [0, 0.1) is 0 Å². The smallest absolute Gasteiger partial charge is 0.422 e. The lowest BCUT2D eigenvalue weighted by atomic mass is 10.2. The normalized spacial score (nSPS) is 12.3. The van der Waals surface area contributed by atoms with Crippen LogP contribution in [0.15, 0.2) is 29.3 Å². The van der Waals surface area contributed by atoms with Crippen molar-refractivity contribution in [3.05, 3.63) is 29.8 Å². The molecule has 0 unspecified atom stereocenters. The molecule has 1 aromatic rings. The number of guanidine groups is 1. The topological polar surface area (TPSA) is 48.9 Å². The van der Waals surface area contributed by atoms with Crippen LogP contribution in [0.5, 0.6) is 5.75 Å². The van der Waals surface area contributed by atoms with Crippen molar-refractivity contribution in [3.8, 4) is 5.75 Å². The standard InChI is InChI=1S/C18H29F3N4O/c1-4-5-11-25(3)12-10-23-17(22-2)24-13-15-6-8-16(9-7-15)26-14-18(19,20)21/h6-9H,4-5,10-14H2,1-3H3,(H2,22,23,24). The van der Waals surface area contributed by atoms with Gasteiger partial charge < -0.3 is 20.3 Å². The Labute approximate surface area is 153 Å². The van der Waals surface area contributed by atoms with E-state index >= 15 is 0 Å². The van der Waals surface area contributed by atoms with Crippen molar-refractivity contribution < 1.29 is 17.9 Å². The molecule has 0 aliphatic carbocycles. The fraction of sp³-hybridized carbons (Fsp3) is 0.611. The quantitative estimate of drug-likeness (QED) is 0.488.